The molecule has 2 N–H and O–H groups in total. The summed E-state index contributed by atoms with van der Waals surface area (Å²) < 4.78 is 18.9. The van der Waals surface area contributed by atoms with E-state index in [1.807, 2.05) is 6.92 Å². The van der Waals surface area contributed by atoms with Crippen molar-refractivity contribution in [3.8, 4) is 5.75 Å². The number of hydrogen-bond acceptors (Lipinski definition) is 3. The lowest BCUT2D eigenvalue weighted by Crippen LogP contribution is -2.41. The largest absolute Gasteiger partial charge is 0.489 e. The van der Waals surface area contributed by atoms with E-state index in [2.05, 4.69) is 58.9 Å². The summed E-state index contributed by atoms with van der Waals surface area (Å²) >= 11 is 0. The highest BCUT2D eigenvalue weighted by Crippen LogP contribution is 2.13. The van der Waals surface area contributed by atoms with Crippen LogP contribution in [0.1, 0.15) is 18.1 Å². The molecule has 1 unspecified atom stereocenters. The molecule has 0 fully saturated rings. The zero-order valence-corrected chi connectivity index (χ0v) is 16.5. The van der Waals surface area contributed by atoms with E-state index in [1.165, 1.54) is 23.3 Å². The van der Waals surface area contributed by atoms with E-state index in [4.69, 9.17) is 4.74 Å². The van der Waals surface area contributed by atoms with Crippen LogP contribution in [0.4, 0.5) is 4.39 Å². The van der Waals surface area contributed by atoms with Crippen LogP contribution in [0.25, 0.3) is 0 Å². The summed E-state index contributed by atoms with van der Waals surface area (Å²) in [5, 5.41) is 6.51. The molecule has 0 radical (unpaired) electrons. The predicted octanol–water partition coefficient (Wildman–Crippen LogP) is 3.02. The molecule has 0 saturated carbocycles. The van der Waals surface area contributed by atoms with Crippen LogP contribution in [0.15, 0.2) is 53.5 Å². The van der Waals surface area contributed by atoms with Gasteiger partial charge >= 0.3 is 0 Å². The minimum absolute atomic E-state index is 0.129. The van der Waals surface area contributed by atoms with Crippen molar-refractivity contribution in [1.82, 2.24) is 15.5 Å². The molecule has 0 aromatic heterocycles. The molecule has 146 valence electrons. The molecule has 0 spiro atoms. The van der Waals surface area contributed by atoms with Gasteiger partial charge in [0.1, 0.15) is 17.7 Å². The van der Waals surface area contributed by atoms with Crippen LogP contribution in [-0.4, -0.2) is 44.7 Å². The van der Waals surface area contributed by atoms with E-state index in [-0.39, 0.29) is 11.9 Å². The minimum atomic E-state index is -0.304. The second-order valence-electron chi connectivity index (χ2n) is 6.75. The maximum absolute atomic E-state index is 13.2. The van der Waals surface area contributed by atoms with Crippen molar-refractivity contribution in [3.63, 3.8) is 0 Å². The standard InChI is InChI=1S/C21H29FN4O/c1-16(27-20-7-5-6-19(22)12-20)13-24-21(23-2)25-14-17-8-10-18(11-9-17)15-26(3)4/h5-12,16H,13-15H2,1-4H3,(H2,23,24,25). The van der Waals surface area contributed by atoms with Crippen LogP contribution in [0.2, 0.25) is 0 Å². The number of ether oxygens (including phenoxy) is 1. The molecule has 0 aliphatic carbocycles. The van der Waals surface area contributed by atoms with Crippen molar-refractivity contribution in [3.05, 3.63) is 65.5 Å². The Hall–Kier alpha value is -2.60. The minimum Gasteiger partial charge on any atom is -0.489 e. The average Bonchev–Trinajstić information content (AvgIpc) is 2.62. The number of nitrogens with one attached hydrogen (secondary N) is 2. The van der Waals surface area contributed by atoms with Gasteiger partial charge in [0.15, 0.2) is 5.96 Å². The van der Waals surface area contributed by atoms with Crippen LogP contribution in [-0.2, 0) is 13.1 Å². The molecule has 2 rings (SSSR count). The molecule has 2 aromatic rings. The summed E-state index contributed by atoms with van der Waals surface area (Å²) in [5.74, 6) is 0.911. The van der Waals surface area contributed by atoms with E-state index < -0.39 is 0 Å². The normalized spacial score (nSPS) is 12.7. The van der Waals surface area contributed by atoms with Crippen LogP contribution in [0.3, 0.4) is 0 Å². The molecule has 6 heteroatoms. The first-order valence-electron chi connectivity index (χ1n) is 9.05. The Balaban J connectivity index is 1.76. The molecular formula is C21H29FN4O. The van der Waals surface area contributed by atoms with Gasteiger partial charge in [-0.15, -0.1) is 0 Å². The molecule has 0 amide bonds. The number of guanidine groups is 1. The highest BCUT2D eigenvalue weighted by molar-refractivity contribution is 5.79. The van der Waals surface area contributed by atoms with Gasteiger partial charge in [0.05, 0.1) is 6.54 Å². The molecule has 0 aliphatic heterocycles. The molecule has 2 aromatic carbocycles. The Morgan fingerprint density at radius 3 is 2.44 bits per heavy atom. The SMILES string of the molecule is CN=C(NCc1ccc(CN(C)C)cc1)NCC(C)Oc1cccc(F)c1. The Kier molecular flexibility index (Phi) is 8.07. The number of nitrogens with zero attached hydrogens (tertiary/aromatic N) is 2. The number of halogens is 1. The monoisotopic (exact) mass is 372 g/mol. The Labute approximate surface area is 161 Å². The lowest BCUT2D eigenvalue weighted by molar-refractivity contribution is 0.223. The average molecular weight is 372 g/mol. The lowest BCUT2D eigenvalue weighted by Gasteiger charge is -2.18. The molecule has 27 heavy (non-hydrogen) atoms. The number of aliphatic imine (C=N–C) groups is 1. The van der Waals surface area contributed by atoms with Crippen molar-refractivity contribution < 1.29 is 9.13 Å². The van der Waals surface area contributed by atoms with Gasteiger partial charge < -0.3 is 20.3 Å². The maximum Gasteiger partial charge on any atom is 0.191 e. The van der Waals surface area contributed by atoms with E-state index in [1.54, 1.807) is 19.2 Å². The van der Waals surface area contributed by atoms with Crippen molar-refractivity contribution in [2.75, 3.05) is 27.7 Å². The Morgan fingerprint density at radius 2 is 1.81 bits per heavy atom. The van der Waals surface area contributed by atoms with Gasteiger partial charge in [0.25, 0.3) is 0 Å². The summed E-state index contributed by atoms with van der Waals surface area (Å²) in [5.41, 5.74) is 2.47. The maximum atomic E-state index is 13.2. The van der Waals surface area contributed by atoms with E-state index >= 15 is 0 Å². The van der Waals surface area contributed by atoms with Gasteiger partial charge in [0, 0.05) is 26.2 Å². The predicted molar refractivity (Wildman–Crippen MR) is 109 cm³/mol. The molecular weight excluding hydrogens is 343 g/mol. The summed E-state index contributed by atoms with van der Waals surface area (Å²) in [6.45, 7) is 4.09. The quantitative estimate of drug-likeness (QED) is 0.552. The van der Waals surface area contributed by atoms with Crippen molar-refractivity contribution in [1.29, 1.82) is 0 Å². The third-order valence-electron chi connectivity index (χ3n) is 3.90. The topological polar surface area (TPSA) is 48.9 Å². The van der Waals surface area contributed by atoms with Gasteiger partial charge in [-0.1, -0.05) is 30.3 Å². The second kappa shape index (κ2) is 10.5. The summed E-state index contributed by atoms with van der Waals surface area (Å²) in [6.07, 6.45) is -0.129. The van der Waals surface area contributed by atoms with Gasteiger partial charge in [-0.3, -0.25) is 4.99 Å². The van der Waals surface area contributed by atoms with Crippen molar-refractivity contribution in [2.45, 2.75) is 26.1 Å². The molecule has 0 saturated heterocycles. The molecule has 1 atom stereocenters. The second-order valence-corrected chi connectivity index (χ2v) is 6.75. The van der Waals surface area contributed by atoms with Gasteiger partial charge in [0.2, 0.25) is 0 Å². The smallest absolute Gasteiger partial charge is 0.191 e. The molecule has 0 heterocycles. The third kappa shape index (κ3) is 7.66. The highest BCUT2D eigenvalue weighted by atomic mass is 19.1. The lowest BCUT2D eigenvalue weighted by atomic mass is 10.1. The van der Waals surface area contributed by atoms with E-state index in [9.17, 15) is 4.39 Å². The molecule has 5 nitrogen and oxygen atoms in total. The zero-order valence-electron chi connectivity index (χ0n) is 16.5. The van der Waals surface area contributed by atoms with Crippen LogP contribution < -0.4 is 15.4 Å². The van der Waals surface area contributed by atoms with E-state index in [0.717, 1.165) is 6.54 Å². The summed E-state index contributed by atoms with van der Waals surface area (Å²) in [4.78, 5) is 6.37. The van der Waals surface area contributed by atoms with Crippen LogP contribution in [0, 0.1) is 5.82 Å². The molecule has 0 bridgehead atoms. The number of benzene rings is 2. The Bertz CT molecular complexity index is 731. The third-order valence-corrected chi connectivity index (χ3v) is 3.90. The fourth-order valence-corrected chi connectivity index (χ4v) is 2.59. The fraction of sp³-hybridized carbons (Fsp3) is 0.381. The van der Waals surface area contributed by atoms with Gasteiger partial charge in [-0.25, -0.2) is 4.39 Å². The summed E-state index contributed by atoms with van der Waals surface area (Å²) in [7, 11) is 5.85. The summed E-state index contributed by atoms with van der Waals surface area (Å²) in [6, 6.07) is 14.7. The van der Waals surface area contributed by atoms with E-state index in [0.29, 0.717) is 24.8 Å². The zero-order chi connectivity index (χ0) is 19.6. The van der Waals surface area contributed by atoms with Gasteiger partial charge in [-0.05, 0) is 44.3 Å². The van der Waals surface area contributed by atoms with Crippen LogP contribution >= 0.6 is 0 Å². The first-order valence-corrected chi connectivity index (χ1v) is 9.05. The van der Waals surface area contributed by atoms with Crippen molar-refractivity contribution in [2.24, 2.45) is 4.99 Å². The first kappa shape index (κ1) is 20.7. The van der Waals surface area contributed by atoms with Gasteiger partial charge in [-0.2, -0.15) is 0 Å². The fourth-order valence-electron chi connectivity index (χ4n) is 2.59. The van der Waals surface area contributed by atoms with Crippen molar-refractivity contribution >= 4 is 5.96 Å². The first-order chi connectivity index (χ1) is 13.0. The molecule has 0 aliphatic rings. The number of rotatable bonds is 8. The van der Waals surface area contributed by atoms with Crippen LogP contribution in [0.5, 0.6) is 5.75 Å². The Morgan fingerprint density at radius 1 is 1.11 bits per heavy atom. The highest BCUT2D eigenvalue weighted by Gasteiger charge is 2.06. The number of hydrogen-bond donors (Lipinski definition) is 2.